The number of rotatable bonds is 1. The van der Waals surface area contributed by atoms with Crippen molar-refractivity contribution >= 4 is 34.9 Å². The standard InChI is InChI=1S/C15H16ClNO3/c1-9-7-17(14(19)20-15(2,3)4)13-11(9)6-5-10(8-18)12(13)16/h5-8H,1-4H3. The number of aryl methyl sites for hydroxylation is 1. The van der Waals surface area contributed by atoms with E-state index in [4.69, 9.17) is 16.3 Å². The quantitative estimate of drug-likeness (QED) is 0.740. The highest BCUT2D eigenvalue weighted by atomic mass is 35.5. The molecular weight excluding hydrogens is 278 g/mol. The predicted molar refractivity (Wildman–Crippen MR) is 78.7 cm³/mol. The zero-order valence-electron chi connectivity index (χ0n) is 11.9. The first kappa shape index (κ1) is 14.6. The summed E-state index contributed by atoms with van der Waals surface area (Å²) in [5, 5.41) is 1.09. The minimum Gasteiger partial charge on any atom is -0.443 e. The summed E-state index contributed by atoms with van der Waals surface area (Å²) in [7, 11) is 0. The van der Waals surface area contributed by atoms with Gasteiger partial charge in [0.25, 0.3) is 0 Å². The Bertz CT molecular complexity index is 695. The Labute approximate surface area is 122 Å². The average Bonchev–Trinajstić information content (AvgIpc) is 2.66. The minimum atomic E-state index is -0.601. The number of hydrogen-bond donors (Lipinski definition) is 0. The Morgan fingerprint density at radius 2 is 2.00 bits per heavy atom. The van der Waals surface area contributed by atoms with Gasteiger partial charge in [-0.25, -0.2) is 4.79 Å². The summed E-state index contributed by atoms with van der Waals surface area (Å²) in [4.78, 5) is 23.2. The summed E-state index contributed by atoms with van der Waals surface area (Å²) in [6.45, 7) is 7.26. The molecule has 0 atom stereocenters. The van der Waals surface area contributed by atoms with Crippen LogP contribution in [0.25, 0.3) is 10.9 Å². The van der Waals surface area contributed by atoms with Crippen molar-refractivity contribution in [1.82, 2.24) is 4.57 Å². The van der Waals surface area contributed by atoms with E-state index in [1.54, 1.807) is 39.1 Å². The van der Waals surface area contributed by atoms with Crippen molar-refractivity contribution in [3.63, 3.8) is 0 Å². The van der Waals surface area contributed by atoms with E-state index in [1.807, 2.05) is 6.92 Å². The van der Waals surface area contributed by atoms with Crippen LogP contribution in [-0.2, 0) is 4.74 Å². The molecule has 0 unspecified atom stereocenters. The summed E-state index contributed by atoms with van der Waals surface area (Å²) >= 11 is 6.22. The number of aldehydes is 1. The van der Waals surface area contributed by atoms with E-state index in [2.05, 4.69) is 0 Å². The Kier molecular flexibility index (Phi) is 3.61. The van der Waals surface area contributed by atoms with Crippen molar-refractivity contribution in [2.24, 2.45) is 0 Å². The molecule has 1 aromatic heterocycles. The van der Waals surface area contributed by atoms with Crippen LogP contribution in [-0.4, -0.2) is 22.5 Å². The monoisotopic (exact) mass is 293 g/mol. The van der Waals surface area contributed by atoms with Crippen LogP contribution in [0.1, 0.15) is 36.7 Å². The molecule has 0 aliphatic carbocycles. The Balaban J connectivity index is 2.65. The molecule has 0 spiro atoms. The van der Waals surface area contributed by atoms with Crippen LogP contribution in [0, 0.1) is 6.92 Å². The Morgan fingerprint density at radius 3 is 2.55 bits per heavy atom. The third kappa shape index (κ3) is 2.56. The first-order chi connectivity index (χ1) is 9.24. The van der Waals surface area contributed by atoms with Crippen molar-refractivity contribution in [3.05, 3.63) is 34.5 Å². The van der Waals surface area contributed by atoms with Crippen molar-refractivity contribution in [3.8, 4) is 0 Å². The molecule has 2 aromatic rings. The van der Waals surface area contributed by atoms with Crippen molar-refractivity contribution in [2.75, 3.05) is 0 Å². The van der Waals surface area contributed by atoms with E-state index in [0.29, 0.717) is 17.4 Å². The van der Waals surface area contributed by atoms with Crippen LogP contribution in [0.3, 0.4) is 0 Å². The van der Waals surface area contributed by atoms with Gasteiger partial charge in [-0.05, 0) is 39.3 Å². The lowest BCUT2D eigenvalue weighted by molar-refractivity contribution is 0.0544. The molecule has 0 aliphatic heterocycles. The normalized spacial score (nSPS) is 11.7. The molecule has 0 saturated carbocycles. The number of benzene rings is 1. The van der Waals surface area contributed by atoms with Gasteiger partial charge >= 0.3 is 6.09 Å². The van der Waals surface area contributed by atoms with E-state index in [1.165, 1.54) is 4.57 Å². The highest BCUT2D eigenvalue weighted by Crippen LogP contribution is 2.30. The fourth-order valence-corrected chi connectivity index (χ4v) is 2.31. The maximum Gasteiger partial charge on any atom is 0.419 e. The topological polar surface area (TPSA) is 48.3 Å². The molecule has 4 nitrogen and oxygen atoms in total. The SMILES string of the molecule is Cc1cn(C(=O)OC(C)(C)C)c2c(Cl)c(C=O)ccc12. The van der Waals surface area contributed by atoms with Crippen LogP contribution >= 0.6 is 11.6 Å². The fraction of sp³-hybridized carbons (Fsp3) is 0.333. The smallest absolute Gasteiger partial charge is 0.419 e. The average molecular weight is 294 g/mol. The molecule has 1 heterocycles. The van der Waals surface area contributed by atoms with Gasteiger partial charge in [0.05, 0.1) is 10.5 Å². The van der Waals surface area contributed by atoms with Crippen LogP contribution in [0.15, 0.2) is 18.3 Å². The van der Waals surface area contributed by atoms with Gasteiger partial charge in [0.2, 0.25) is 0 Å². The van der Waals surface area contributed by atoms with Gasteiger partial charge in [-0.3, -0.25) is 9.36 Å². The molecule has 0 amide bonds. The van der Waals surface area contributed by atoms with Gasteiger partial charge in [0.1, 0.15) is 5.60 Å². The van der Waals surface area contributed by atoms with Crippen LogP contribution in [0.4, 0.5) is 4.79 Å². The Morgan fingerprint density at radius 1 is 1.35 bits per heavy atom. The molecule has 0 N–H and O–H groups in total. The maximum atomic E-state index is 12.2. The second kappa shape index (κ2) is 4.94. The maximum absolute atomic E-state index is 12.2. The molecule has 1 aromatic carbocycles. The highest BCUT2D eigenvalue weighted by molar-refractivity contribution is 6.38. The van der Waals surface area contributed by atoms with Crippen molar-refractivity contribution in [2.45, 2.75) is 33.3 Å². The first-order valence-corrected chi connectivity index (χ1v) is 6.61. The van der Waals surface area contributed by atoms with Gasteiger partial charge < -0.3 is 4.74 Å². The molecule has 106 valence electrons. The summed E-state index contributed by atoms with van der Waals surface area (Å²) < 4.78 is 6.70. The number of carbonyl (C=O) groups excluding carboxylic acids is 2. The largest absolute Gasteiger partial charge is 0.443 e. The summed E-state index contributed by atoms with van der Waals surface area (Å²) in [6.07, 6.45) is 1.82. The van der Waals surface area contributed by atoms with Gasteiger partial charge in [-0.15, -0.1) is 0 Å². The zero-order chi connectivity index (χ0) is 15.1. The number of fused-ring (bicyclic) bond motifs is 1. The predicted octanol–water partition coefficient (Wildman–Crippen LogP) is 4.20. The van der Waals surface area contributed by atoms with Crippen LogP contribution < -0.4 is 0 Å². The number of hydrogen-bond acceptors (Lipinski definition) is 3. The number of carbonyl (C=O) groups is 2. The minimum absolute atomic E-state index is 0.261. The molecule has 5 heteroatoms. The number of nitrogens with zero attached hydrogens (tertiary/aromatic N) is 1. The van der Waals surface area contributed by atoms with Gasteiger partial charge in [-0.1, -0.05) is 17.7 Å². The van der Waals surface area contributed by atoms with Gasteiger partial charge in [0, 0.05) is 17.1 Å². The van der Waals surface area contributed by atoms with Crippen molar-refractivity contribution < 1.29 is 14.3 Å². The van der Waals surface area contributed by atoms with Gasteiger partial charge in [0.15, 0.2) is 6.29 Å². The third-order valence-corrected chi connectivity index (χ3v) is 3.25. The molecule has 0 bridgehead atoms. The molecule has 0 saturated heterocycles. The molecule has 0 aliphatic rings. The highest BCUT2D eigenvalue weighted by Gasteiger charge is 2.22. The second-order valence-electron chi connectivity index (χ2n) is 5.65. The zero-order valence-corrected chi connectivity index (χ0v) is 12.6. The lowest BCUT2D eigenvalue weighted by atomic mass is 10.1. The van der Waals surface area contributed by atoms with E-state index >= 15 is 0 Å². The van der Waals surface area contributed by atoms with E-state index in [9.17, 15) is 9.59 Å². The lowest BCUT2D eigenvalue weighted by Crippen LogP contribution is -2.26. The van der Waals surface area contributed by atoms with E-state index in [0.717, 1.165) is 10.9 Å². The summed E-state index contributed by atoms with van der Waals surface area (Å²) in [6, 6.07) is 3.42. The number of aromatic nitrogens is 1. The van der Waals surface area contributed by atoms with Crippen molar-refractivity contribution in [1.29, 1.82) is 0 Å². The molecule has 2 rings (SSSR count). The summed E-state index contributed by atoms with van der Waals surface area (Å²) in [5.74, 6) is 0. The molecule has 0 radical (unpaired) electrons. The van der Waals surface area contributed by atoms with Crippen LogP contribution in [0.5, 0.6) is 0 Å². The molecular formula is C15H16ClNO3. The third-order valence-electron chi connectivity index (χ3n) is 2.85. The Hall–Kier alpha value is -1.81. The van der Waals surface area contributed by atoms with Crippen LogP contribution in [0.2, 0.25) is 5.02 Å². The fourth-order valence-electron chi connectivity index (χ4n) is 2.01. The first-order valence-electron chi connectivity index (χ1n) is 6.23. The molecule has 20 heavy (non-hydrogen) atoms. The second-order valence-corrected chi connectivity index (χ2v) is 6.02. The molecule has 0 fully saturated rings. The van der Waals surface area contributed by atoms with E-state index in [-0.39, 0.29) is 5.02 Å². The number of ether oxygens (including phenoxy) is 1. The number of halogens is 1. The summed E-state index contributed by atoms with van der Waals surface area (Å²) in [5.41, 5.74) is 1.14. The lowest BCUT2D eigenvalue weighted by Gasteiger charge is -2.20. The van der Waals surface area contributed by atoms with E-state index < -0.39 is 11.7 Å². The van der Waals surface area contributed by atoms with Gasteiger partial charge in [-0.2, -0.15) is 0 Å².